The lowest BCUT2D eigenvalue weighted by molar-refractivity contribution is -0.138. The van der Waals surface area contributed by atoms with Gasteiger partial charge in [-0.1, -0.05) is 24.3 Å². The molecule has 2 rings (SSSR count). The number of aliphatic carboxylic acids is 1. The molecule has 1 aromatic rings. The monoisotopic (exact) mass is 221 g/mol. The van der Waals surface area contributed by atoms with Gasteiger partial charge in [-0.2, -0.15) is 0 Å². The molecule has 1 fully saturated rings. The first kappa shape index (κ1) is 11.1. The van der Waals surface area contributed by atoms with Crippen molar-refractivity contribution in [3.8, 4) is 0 Å². The van der Waals surface area contributed by atoms with Crippen LogP contribution in [0.1, 0.15) is 30.0 Å². The van der Waals surface area contributed by atoms with E-state index in [1.54, 1.807) is 12.1 Å². The Hall–Kier alpha value is -1.39. The van der Waals surface area contributed by atoms with Crippen LogP contribution in [0.15, 0.2) is 24.3 Å². The predicted molar refractivity (Wildman–Crippen MR) is 59.0 cm³/mol. The van der Waals surface area contributed by atoms with Gasteiger partial charge in [-0.15, -0.1) is 0 Å². The average Bonchev–Trinajstić information content (AvgIpc) is 3.09. The van der Waals surface area contributed by atoms with Crippen LogP contribution in [0.25, 0.3) is 0 Å². The van der Waals surface area contributed by atoms with Crippen LogP contribution in [0.4, 0.5) is 0 Å². The number of aliphatic hydroxyl groups is 1. The Morgan fingerprint density at radius 3 is 2.56 bits per heavy atom. The summed E-state index contributed by atoms with van der Waals surface area (Å²) in [5.74, 6) is -1.04. The molecule has 0 bridgehead atoms. The summed E-state index contributed by atoms with van der Waals surface area (Å²) in [5, 5.41) is 18.3. The third-order valence-corrected chi connectivity index (χ3v) is 3.29. The molecule has 0 radical (unpaired) electrons. The van der Waals surface area contributed by atoms with Crippen molar-refractivity contribution in [3.63, 3.8) is 0 Å². The Bertz CT molecular complexity index is 412. The van der Waals surface area contributed by atoms with Gasteiger partial charge in [-0.05, 0) is 24.0 Å². The zero-order chi connectivity index (χ0) is 11.8. The summed E-state index contributed by atoms with van der Waals surface area (Å²) in [6.45, 7) is 0.0519. The molecule has 0 amide bonds. The summed E-state index contributed by atoms with van der Waals surface area (Å²) in [4.78, 5) is 10.9. The van der Waals surface area contributed by atoms with Crippen LogP contribution in [-0.4, -0.2) is 22.8 Å². The average molecular weight is 221 g/mol. The molecule has 1 aromatic carbocycles. The van der Waals surface area contributed by atoms with Gasteiger partial charge in [0.25, 0.3) is 0 Å². The molecule has 0 aromatic heterocycles. The summed E-state index contributed by atoms with van der Waals surface area (Å²) in [6.07, 6.45) is 1.79. The number of nitrogens with two attached hydrogens (primary N) is 1. The molecule has 1 unspecified atom stereocenters. The Morgan fingerprint density at radius 2 is 2.06 bits per heavy atom. The van der Waals surface area contributed by atoms with E-state index in [-0.39, 0.29) is 12.0 Å². The number of carboxylic acid groups (broad SMARTS) is 1. The van der Waals surface area contributed by atoms with E-state index in [2.05, 4.69) is 0 Å². The topological polar surface area (TPSA) is 83.6 Å². The number of aliphatic hydroxyl groups excluding tert-OH is 1. The van der Waals surface area contributed by atoms with Crippen LogP contribution in [0, 0.1) is 0 Å². The number of hydrogen-bond acceptors (Lipinski definition) is 3. The molecule has 1 aliphatic carbocycles. The third-order valence-electron chi connectivity index (χ3n) is 3.29. The minimum atomic E-state index is -1.04. The van der Waals surface area contributed by atoms with Gasteiger partial charge in [0.2, 0.25) is 0 Å². The summed E-state index contributed by atoms with van der Waals surface area (Å²) in [7, 11) is 0. The number of carbonyl (C=O) groups is 1. The van der Waals surface area contributed by atoms with Crippen molar-refractivity contribution >= 4 is 5.97 Å². The maximum Gasteiger partial charge on any atom is 0.325 e. The molecule has 16 heavy (non-hydrogen) atoms. The number of hydrogen-bond donors (Lipinski definition) is 3. The molecule has 86 valence electrons. The van der Waals surface area contributed by atoms with E-state index in [4.69, 9.17) is 10.8 Å². The summed E-state index contributed by atoms with van der Waals surface area (Å²) in [5.41, 5.74) is 6.88. The van der Waals surface area contributed by atoms with Crippen molar-refractivity contribution in [2.24, 2.45) is 5.73 Å². The first-order valence-electron chi connectivity index (χ1n) is 5.29. The molecule has 4 N–H and O–H groups in total. The van der Waals surface area contributed by atoms with E-state index in [1.807, 2.05) is 12.1 Å². The van der Waals surface area contributed by atoms with Gasteiger partial charge in [-0.25, -0.2) is 0 Å². The van der Waals surface area contributed by atoms with E-state index in [0.29, 0.717) is 5.56 Å². The molecule has 1 saturated carbocycles. The second kappa shape index (κ2) is 3.88. The summed E-state index contributed by atoms with van der Waals surface area (Å²) in [6, 6.07) is 6.20. The normalized spacial score (nSPS) is 19.1. The zero-order valence-corrected chi connectivity index (χ0v) is 8.89. The van der Waals surface area contributed by atoms with Crippen LogP contribution >= 0.6 is 0 Å². The first-order valence-corrected chi connectivity index (χ1v) is 5.29. The van der Waals surface area contributed by atoms with Crippen LogP contribution < -0.4 is 5.73 Å². The molecule has 1 aliphatic rings. The zero-order valence-electron chi connectivity index (χ0n) is 8.89. The van der Waals surface area contributed by atoms with Crippen molar-refractivity contribution in [2.45, 2.75) is 24.3 Å². The lowest BCUT2D eigenvalue weighted by Gasteiger charge is -2.19. The Morgan fingerprint density at radius 1 is 1.44 bits per heavy atom. The van der Waals surface area contributed by atoms with Gasteiger partial charge in [0.05, 0.1) is 6.61 Å². The van der Waals surface area contributed by atoms with Crippen molar-refractivity contribution in [1.82, 2.24) is 0 Å². The van der Waals surface area contributed by atoms with Gasteiger partial charge in [-0.3, -0.25) is 4.79 Å². The quantitative estimate of drug-likeness (QED) is 0.702. The molecule has 0 spiro atoms. The van der Waals surface area contributed by atoms with Crippen LogP contribution in [0.5, 0.6) is 0 Å². The number of benzene rings is 1. The van der Waals surface area contributed by atoms with E-state index >= 15 is 0 Å². The van der Waals surface area contributed by atoms with Crippen LogP contribution in [0.3, 0.4) is 0 Å². The SMILES string of the molecule is NC(C(=O)O)c1ccccc1C1(CO)CC1. The largest absolute Gasteiger partial charge is 0.480 e. The number of carboxylic acids is 1. The summed E-state index contributed by atoms with van der Waals surface area (Å²) >= 11 is 0. The van der Waals surface area contributed by atoms with Gasteiger partial charge >= 0.3 is 5.97 Å². The van der Waals surface area contributed by atoms with Crippen molar-refractivity contribution in [1.29, 1.82) is 0 Å². The minimum absolute atomic E-state index is 0.0519. The van der Waals surface area contributed by atoms with Crippen LogP contribution in [-0.2, 0) is 10.2 Å². The van der Waals surface area contributed by atoms with Gasteiger partial charge in [0.15, 0.2) is 0 Å². The van der Waals surface area contributed by atoms with Crippen molar-refractivity contribution in [3.05, 3.63) is 35.4 Å². The van der Waals surface area contributed by atoms with E-state index < -0.39 is 12.0 Å². The molecule has 0 saturated heterocycles. The molecule has 0 heterocycles. The Kier molecular flexibility index (Phi) is 2.69. The van der Waals surface area contributed by atoms with E-state index in [0.717, 1.165) is 18.4 Å². The molecule has 4 nitrogen and oxygen atoms in total. The first-order chi connectivity index (χ1) is 7.60. The predicted octanol–water partition coefficient (Wildman–Crippen LogP) is 0.795. The fourth-order valence-corrected chi connectivity index (χ4v) is 2.05. The van der Waals surface area contributed by atoms with Gasteiger partial charge < -0.3 is 15.9 Å². The highest BCUT2D eigenvalue weighted by atomic mass is 16.4. The van der Waals surface area contributed by atoms with E-state index in [1.165, 1.54) is 0 Å². The fraction of sp³-hybridized carbons (Fsp3) is 0.417. The van der Waals surface area contributed by atoms with Crippen molar-refractivity contribution < 1.29 is 15.0 Å². The second-order valence-corrected chi connectivity index (χ2v) is 4.34. The Balaban J connectivity index is 2.42. The third kappa shape index (κ3) is 1.70. The maximum absolute atomic E-state index is 10.9. The maximum atomic E-state index is 10.9. The van der Waals surface area contributed by atoms with Gasteiger partial charge in [0, 0.05) is 5.41 Å². The second-order valence-electron chi connectivity index (χ2n) is 4.34. The van der Waals surface area contributed by atoms with Crippen molar-refractivity contribution in [2.75, 3.05) is 6.61 Å². The molecule has 1 atom stereocenters. The summed E-state index contributed by atoms with van der Waals surface area (Å²) < 4.78 is 0. The smallest absolute Gasteiger partial charge is 0.325 e. The molecular weight excluding hydrogens is 206 g/mol. The molecule has 0 aliphatic heterocycles. The highest BCUT2D eigenvalue weighted by Gasteiger charge is 2.45. The van der Waals surface area contributed by atoms with E-state index in [9.17, 15) is 9.90 Å². The number of rotatable bonds is 4. The lowest BCUT2D eigenvalue weighted by Crippen LogP contribution is -2.25. The highest BCUT2D eigenvalue weighted by Crippen LogP contribution is 2.49. The standard InChI is InChI=1S/C12H15NO3/c13-10(11(15)16)8-3-1-2-4-9(8)12(7-14)5-6-12/h1-4,10,14H,5-7,13H2,(H,15,16). The lowest BCUT2D eigenvalue weighted by atomic mass is 9.89. The fourth-order valence-electron chi connectivity index (χ4n) is 2.05. The minimum Gasteiger partial charge on any atom is -0.480 e. The Labute approximate surface area is 93.7 Å². The van der Waals surface area contributed by atoms with Gasteiger partial charge in [0.1, 0.15) is 6.04 Å². The molecular formula is C12H15NO3. The highest BCUT2D eigenvalue weighted by molar-refractivity contribution is 5.76. The molecule has 4 heteroatoms. The van der Waals surface area contributed by atoms with Crippen LogP contribution in [0.2, 0.25) is 0 Å².